The Kier molecular flexibility index (Phi) is 4.60. The van der Waals surface area contributed by atoms with Crippen molar-refractivity contribution >= 4 is 5.95 Å². The van der Waals surface area contributed by atoms with E-state index >= 15 is 0 Å². The van der Waals surface area contributed by atoms with Crippen molar-refractivity contribution in [1.82, 2.24) is 14.5 Å². The number of nitrogens with zero attached hydrogens (tertiary/aromatic N) is 5. The van der Waals surface area contributed by atoms with Gasteiger partial charge < -0.3 is 14.2 Å². The van der Waals surface area contributed by atoms with Gasteiger partial charge in [-0.3, -0.25) is 4.90 Å². The van der Waals surface area contributed by atoms with Crippen LogP contribution in [0.5, 0.6) is 0 Å². The Balaban J connectivity index is 1.80. The third-order valence-corrected chi connectivity index (χ3v) is 5.24. The van der Waals surface area contributed by atoms with E-state index in [-0.39, 0.29) is 11.6 Å². The van der Waals surface area contributed by atoms with Crippen molar-refractivity contribution < 1.29 is 4.74 Å². The van der Waals surface area contributed by atoms with Gasteiger partial charge in [0.15, 0.2) is 0 Å². The standard InChI is InChI=1S/C17H27N5O/c1-20(2)16-19-12-14(21(16)3)13-22-9-6-8-17(15(22)11-18)7-4-5-10-23-17/h12,15H,4-10,13H2,1-3H3/t15-,17+/m0/s1. The van der Waals surface area contributed by atoms with Crippen LogP contribution in [-0.2, 0) is 18.3 Å². The predicted molar refractivity (Wildman–Crippen MR) is 89.1 cm³/mol. The first-order chi connectivity index (χ1) is 11.1. The summed E-state index contributed by atoms with van der Waals surface area (Å²) < 4.78 is 8.27. The second-order valence-electron chi connectivity index (χ2n) is 6.98. The maximum atomic E-state index is 9.82. The molecule has 0 saturated carbocycles. The van der Waals surface area contributed by atoms with Crippen LogP contribution in [0.2, 0.25) is 0 Å². The highest BCUT2D eigenvalue weighted by molar-refractivity contribution is 5.31. The van der Waals surface area contributed by atoms with Crippen molar-refractivity contribution in [2.45, 2.75) is 50.3 Å². The molecule has 2 atom stereocenters. The van der Waals surface area contributed by atoms with Crippen LogP contribution in [0.15, 0.2) is 6.20 Å². The van der Waals surface area contributed by atoms with E-state index in [9.17, 15) is 5.26 Å². The van der Waals surface area contributed by atoms with Gasteiger partial charge in [0, 0.05) is 40.8 Å². The summed E-state index contributed by atoms with van der Waals surface area (Å²) in [7, 11) is 6.03. The summed E-state index contributed by atoms with van der Waals surface area (Å²) in [6.07, 6.45) is 7.33. The first kappa shape index (κ1) is 16.3. The van der Waals surface area contributed by atoms with Crippen LogP contribution in [0.25, 0.3) is 0 Å². The van der Waals surface area contributed by atoms with E-state index in [0.29, 0.717) is 0 Å². The molecule has 3 rings (SSSR count). The zero-order chi connectivity index (χ0) is 16.4. The minimum atomic E-state index is -0.256. The Hall–Kier alpha value is -1.58. The lowest BCUT2D eigenvalue weighted by Crippen LogP contribution is -2.58. The molecule has 1 aromatic rings. The smallest absolute Gasteiger partial charge is 0.204 e. The van der Waals surface area contributed by atoms with Gasteiger partial charge in [0.05, 0.1) is 23.6 Å². The van der Waals surface area contributed by atoms with Crippen LogP contribution >= 0.6 is 0 Å². The maximum absolute atomic E-state index is 9.82. The highest BCUT2D eigenvalue weighted by atomic mass is 16.5. The number of likely N-dealkylation sites (tertiary alicyclic amines) is 1. The zero-order valence-corrected chi connectivity index (χ0v) is 14.5. The molecular formula is C17H27N5O. The van der Waals surface area contributed by atoms with Crippen LogP contribution in [0.3, 0.4) is 0 Å². The lowest BCUT2D eigenvalue weighted by Gasteiger charge is -2.48. The molecule has 2 fully saturated rings. The molecule has 6 heteroatoms. The van der Waals surface area contributed by atoms with E-state index in [1.54, 1.807) is 0 Å². The van der Waals surface area contributed by atoms with Gasteiger partial charge in [-0.05, 0) is 32.1 Å². The lowest BCUT2D eigenvalue weighted by molar-refractivity contribution is -0.138. The van der Waals surface area contributed by atoms with Crippen molar-refractivity contribution in [2.24, 2.45) is 7.05 Å². The monoisotopic (exact) mass is 317 g/mol. The van der Waals surface area contributed by atoms with Crippen LogP contribution in [0.4, 0.5) is 5.95 Å². The summed E-state index contributed by atoms with van der Waals surface area (Å²) >= 11 is 0. The summed E-state index contributed by atoms with van der Waals surface area (Å²) in [4.78, 5) is 8.77. The number of piperidine rings is 1. The highest BCUT2D eigenvalue weighted by Crippen LogP contribution is 2.38. The second-order valence-corrected chi connectivity index (χ2v) is 6.98. The topological polar surface area (TPSA) is 57.3 Å². The first-order valence-corrected chi connectivity index (χ1v) is 8.53. The fourth-order valence-electron chi connectivity index (χ4n) is 4.04. The number of anilines is 1. The van der Waals surface area contributed by atoms with E-state index in [4.69, 9.17) is 4.74 Å². The Morgan fingerprint density at radius 1 is 1.39 bits per heavy atom. The summed E-state index contributed by atoms with van der Waals surface area (Å²) in [6, 6.07) is 2.39. The van der Waals surface area contributed by atoms with Crippen LogP contribution in [-0.4, -0.2) is 53.3 Å². The molecule has 1 spiro atoms. The molecule has 6 nitrogen and oxygen atoms in total. The third kappa shape index (κ3) is 2.96. The normalized spacial score (nSPS) is 28.7. The quantitative estimate of drug-likeness (QED) is 0.852. The Bertz CT molecular complexity index is 577. The summed E-state index contributed by atoms with van der Waals surface area (Å²) in [5, 5.41) is 9.82. The molecular weight excluding hydrogens is 290 g/mol. The first-order valence-electron chi connectivity index (χ1n) is 8.53. The van der Waals surface area contributed by atoms with Gasteiger partial charge in [-0.25, -0.2) is 4.98 Å². The van der Waals surface area contributed by atoms with E-state index in [2.05, 4.69) is 20.5 Å². The zero-order valence-electron chi connectivity index (χ0n) is 14.5. The Morgan fingerprint density at radius 3 is 2.78 bits per heavy atom. The number of aromatic nitrogens is 2. The van der Waals surface area contributed by atoms with Gasteiger partial charge >= 0.3 is 0 Å². The van der Waals surface area contributed by atoms with Gasteiger partial charge in [-0.1, -0.05) is 0 Å². The summed E-state index contributed by atoms with van der Waals surface area (Å²) in [6.45, 7) is 2.50. The molecule has 0 bridgehead atoms. The van der Waals surface area contributed by atoms with Crippen molar-refractivity contribution in [3.8, 4) is 6.07 Å². The molecule has 0 unspecified atom stereocenters. The van der Waals surface area contributed by atoms with Gasteiger partial charge in [-0.15, -0.1) is 0 Å². The number of ether oxygens (including phenoxy) is 1. The molecule has 3 heterocycles. The number of hydrogen-bond donors (Lipinski definition) is 0. The van der Waals surface area contributed by atoms with E-state index in [1.165, 1.54) is 6.42 Å². The average molecular weight is 317 g/mol. The SMILES string of the molecule is CN(C)c1ncc(CN2CCC[C@]3(CCCCO3)[C@@H]2C#N)n1C. The number of rotatable bonds is 3. The van der Waals surface area contributed by atoms with E-state index < -0.39 is 0 Å². The van der Waals surface area contributed by atoms with E-state index in [1.807, 2.05) is 32.2 Å². The largest absolute Gasteiger partial charge is 0.372 e. The van der Waals surface area contributed by atoms with Crippen LogP contribution in [0, 0.1) is 11.3 Å². The molecule has 0 aliphatic carbocycles. The van der Waals surface area contributed by atoms with Gasteiger partial charge in [0.2, 0.25) is 5.95 Å². The van der Waals surface area contributed by atoms with Crippen molar-refractivity contribution in [3.63, 3.8) is 0 Å². The molecule has 2 aliphatic heterocycles. The van der Waals surface area contributed by atoms with Gasteiger partial charge in [0.25, 0.3) is 0 Å². The molecule has 0 amide bonds. The minimum absolute atomic E-state index is 0.158. The Morgan fingerprint density at radius 2 is 2.17 bits per heavy atom. The summed E-state index contributed by atoms with van der Waals surface area (Å²) in [5.41, 5.74) is 0.885. The second kappa shape index (κ2) is 6.50. The lowest BCUT2D eigenvalue weighted by atomic mass is 9.79. The average Bonchev–Trinajstić information content (AvgIpc) is 2.90. The maximum Gasteiger partial charge on any atom is 0.204 e. The highest BCUT2D eigenvalue weighted by Gasteiger charge is 2.47. The number of nitriles is 1. The van der Waals surface area contributed by atoms with E-state index in [0.717, 1.165) is 57.0 Å². The predicted octanol–water partition coefficient (Wildman–Crippen LogP) is 1.91. The summed E-state index contributed by atoms with van der Waals surface area (Å²) in [5.74, 6) is 0.939. The van der Waals surface area contributed by atoms with Crippen molar-refractivity contribution in [1.29, 1.82) is 5.26 Å². The Labute approximate surface area is 138 Å². The van der Waals surface area contributed by atoms with Gasteiger partial charge in [0.1, 0.15) is 6.04 Å². The molecule has 0 aromatic carbocycles. The molecule has 2 saturated heterocycles. The fraction of sp³-hybridized carbons (Fsp3) is 0.765. The van der Waals surface area contributed by atoms with Crippen molar-refractivity contribution in [3.05, 3.63) is 11.9 Å². The third-order valence-electron chi connectivity index (χ3n) is 5.24. The number of imidazole rings is 1. The molecule has 0 N–H and O–H groups in total. The molecule has 23 heavy (non-hydrogen) atoms. The van der Waals surface area contributed by atoms with Crippen LogP contribution < -0.4 is 4.90 Å². The van der Waals surface area contributed by atoms with Gasteiger partial charge in [-0.2, -0.15) is 5.26 Å². The van der Waals surface area contributed by atoms with Crippen LogP contribution in [0.1, 0.15) is 37.8 Å². The molecule has 2 aliphatic rings. The fourth-order valence-corrected chi connectivity index (χ4v) is 4.04. The van der Waals surface area contributed by atoms with Crippen molar-refractivity contribution in [2.75, 3.05) is 32.1 Å². The number of hydrogen-bond acceptors (Lipinski definition) is 5. The minimum Gasteiger partial charge on any atom is -0.372 e. The molecule has 1 aromatic heterocycles. The molecule has 126 valence electrons. The molecule has 0 radical (unpaired) electrons.